The normalized spacial score (nSPS) is 12.4. The molecule has 3 nitrogen and oxygen atoms in total. The zero-order valence-electron chi connectivity index (χ0n) is 20.9. The molecule has 3 heteroatoms. The molecule has 0 bridgehead atoms. The van der Waals surface area contributed by atoms with Crippen LogP contribution in [-0.4, -0.2) is 18.6 Å². The highest BCUT2D eigenvalue weighted by atomic mass is 16.5. The number of nitrogens with two attached hydrogens (primary N) is 1. The molecule has 0 aromatic carbocycles. The summed E-state index contributed by atoms with van der Waals surface area (Å²) in [6.07, 6.45) is 27.5. The molecule has 0 saturated carbocycles. The van der Waals surface area contributed by atoms with Gasteiger partial charge in [0.05, 0.1) is 6.61 Å². The number of esters is 1. The molecule has 0 radical (unpaired) electrons. The highest BCUT2D eigenvalue weighted by molar-refractivity contribution is 5.75. The first-order chi connectivity index (χ1) is 14.6. The van der Waals surface area contributed by atoms with Gasteiger partial charge in [-0.1, -0.05) is 143 Å². The minimum Gasteiger partial charge on any atom is -0.465 e. The molecule has 0 fully saturated rings. The van der Waals surface area contributed by atoms with Crippen LogP contribution >= 0.6 is 0 Å². The maximum atomic E-state index is 11.6. The fourth-order valence-electron chi connectivity index (χ4n) is 3.90. The maximum absolute atomic E-state index is 11.6. The van der Waals surface area contributed by atoms with Gasteiger partial charge in [0.1, 0.15) is 6.04 Å². The van der Waals surface area contributed by atoms with Crippen LogP contribution in [0.2, 0.25) is 0 Å². The Bertz CT molecular complexity index is 357. The standard InChI is InChI=1S/C27H55NO2/c1-4-5-6-7-8-9-10-11-12-13-14-15-16-17-18-19-20-21-22-23-24-30-27(29)26(28)25(2)3/h25-26H,4-24,28H2,1-3H3/t26-/m0/s1. The average molecular weight is 426 g/mol. The zero-order chi connectivity index (χ0) is 22.3. The van der Waals surface area contributed by atoms with E-state index in [1.165, 1.54) is 116 Å². The Kier molecular flexibility index (Phi) is 22.7. The van der Waals surface area contributed by atoms with Gasteiger partial charge in [-0.05, 0) is 12.3 Å². The lowest BCUT2D eigenvalue weighted by Gasteiger charge is -2.14. The van der Waals surface area contributed by atoms with Crippen molar-refractivity contribution in [2.24, 2.45) is 11.7 Å². The summed E-state index contributed by atoms with van der Waals surface area (Å²) in [6.45, 7) is 6.71. The first-order valence-electron chi connectivity index (χ1n) is 13.5. The van der Waals surface area contributed by atoms with E-state index in [1.54, 1.807) is 0 Å². The molecule has 0 spiro atoms. The van der Waals surface area contributed by atoms with E-state index in [0.29, 0.717) is 6.61 Å². The number of ether oxygens (including phenoxy) is 1. The van der Waals surface area contributed by atoms with Crippen molar-refractivity contribution >= 4 is 5.97 Å². The minimum absolute atomic E-state index is 0.146. The molecule has 0 saturated heterocycles. The fraction of sp³-hybridized carbons (Fsp3) is 0.963. The molecular weight excluding hydrogens is 370 g/mol. The lowest BCUT2D eigenvalue weighted by Crippen LogP contribution is -2.37. The molecular formula is C27H55NO2. The molecule has 1 atom stereocenters. The summed E-state index contributed by atoms with van der Waals surface area (Å²) >= 11 is 0. The van der Waals surface area contributed by atoms with Gasteiger partial charge in [-0.15, -0.1) is 0 Å². The summed E-state index contributed by atoms with van der Waals surface area (Å²) in [7, 11) is 0. The van der Waals surface area contributed by atoms with Gasteiger partial charge < -0.3 is 10.5 Å². The Morgan fingerprint density at radius 1 is 0.600 bits per heavy atom. The summed E-state index contributed by atoms with van der Waals surface area (Å²) in [5.41, 5.74) is 5.77. The third-order valence-corrected chi connectivity index (χ3v) is 6.23. The Balaban J connectivity index is 3.12. The van der Waals surface area contributed by atoms with Crippen LogP contribution < -0.4 is 5.73 Å². The molecule has 0 heterocycles. The van der Waals surface area contributed by atoms with Gasteiger partial charge in [0.2, 0.25) is 0 Å². The summed E-state index contributed by atoms with van der Waals surface area (Å²) in [5.74, 6) is -0.102. The molecule has 0 aromatic rings. The first kappa shape index (κ1) is 29.4. The molecule has 180 valence electrons. The number of hydrogen-bond donors (Lipinski definition) is 1. The van der Waals surface area contributed by atoms with Crippen molar-refractivity contribution in [3.8, 4) is 0 Å². The first-order valence-corrected chi connectivity index (χ1v) is 13.5. The van der Waals surface area contributed by atoms with Crippen LogP contribution in [0.4, 0.5) is 0 Å². The molecule has 0 aliphatic rings. The molecule has 0 rings (SSSR count). The predicted octanol–water partition coefficient (Wildman–Crippen LogP) is 8.33. The SMILES string of the molecule is CCCCCCCCCCCCCCCCCCCCCCOC(=O)[C@@H](N)C(C)C. The van der Waals surface area contributed by atoms with Crippen molar-refractivity contribution in [2.45, 2.75) is 155 Å². The maximum Gasteiger partial charge on any atom is 0.323 e. The third kappa shape index (κ3) is 20.7. The van der Waals surface area contributed by atoms with Crippen LogP contribution in [0, 0.1) is 5.92 Å². The molecule has 0 unspecified atom stereocenters. The van der Waals surface area contributed by atoms with Gasteiger partial charge in [-0.2, -0.15) is 0 Å². The van der Waals surface area contributed by atoms with Gasteiger partial charge >= 0.3 is 5.97 Å². The molecule has 0 aliphatic heterocycles. The van der Waals surface area contributed by atoms with Crippen molar-refractivity contribution in [3.05, 3.63) is 0 Å². The van der Waals surface area contributed by atoms with E-state index < -0.39 is 6.04 Å². The van der Waals surface area contributed by atoms with Crippen molar-refractivity contribution in [1.82, 2.24) is 0 Å². The van der Waals surface area contributed by atoms with E-state index >= 15 is 0 Å². The van der Waals surface area contributed by atoms with Gasteiger partial charge in [-0.25, -0.2) is 0 Å². The van der Waals surface area contributed by atoms with Gasteiger partial charge in [0, 0.05) is 0 Å². The van der Waals surface area contributed by atoms with Crippen molar-refractivity contribution in [2.75, 3.05) is 6.61 Å². The van der Waals surface area contributed by atoms with E-state index in [4.69, 9.17) is 10.5 Å². The molecule has 0 aliphatic carbocycles. The zero-order valence-corrected chi connectivity index (χ0v) is 20.9. The number of carbonyl (C=O) groups excluding carboxylic acids is 1. The molecule has 0 amide bonds. The summed E-state index contributed by atoms with van der Waals surface area (Å²) in [6, 6.07) is -0.477. The number of hydrogen-bond acceptors (Lipinski definition) is 3. The molecule has 0 aromatic heterocycles. The van der Waals surface area contributed by atoms with Crippen LogP contribution in [0.5, 0.6) is 0 Å². The number of carbonyl (C=O) groups is 1. The highest BCUT2D eigenvalue weighted by Crippen LogP contribution is 2.14. The smallest absolute Gasteiger partial charge is 0.323 e. The Hall–Kier alpha value is -0.570. The second-order valence-corrected chi connectivity index (χ2v) is 9.65. The van der Waals surface area contributed by atoms with Gasteiger partial charge in [0.25, 0.3) is 0 Å². The van der Waals surface area contributed by atoms with Crippen LogP contribution in [0.25, 0.3) is 0 Å². The summed E-state index contributed by atoms with van der Waals surface area (Å²) < 4.78 is 5.24. The van der Waals surface area contributed by atoms with Gasteiger partial charge in [0.15, 0.2) is 0 Å². The van der Waals surface area contributed by atoms with Crippen LogP contribution in [-0.2, 0) is 9.53 Å². The van der Waals surface area contributed by atoms with Crippen LogP contribution in [0.1, 0.15) is 149 Å². The fourth-order valence-corrected chi connectivity index (χ4v) is 3.90. The second kappa shape index (κ2) is 23.1. The van der Waals surface area contributed by atoms with Crippen LogP contribution in [0.3, 0.4) is 0 Å². The number of unbranched alkanes of at least 4 members (excludes halogenated alkanes) is 19. The summed E-state index contributed by atoms with van der Waals surface area (Å²) in [4.78, 5) is 11.6. The quantitative estimate of drug-likeness (QED) is 0.132. The van der Waals surface area contributed by atoms with Gasteiger partial charge in [-0.3, -0.25) is 4.79 Å². The minimum atomic E-state index is -0.477. The molecule has 2 N–H and O–H groups in total. The predicted molar refractivity (Wildman–Crippen MR) is 132 cm³/mol. The second-order valence-electron chi connectivity index (χ2n) is 9.65. The van der Waals surface area contributed by atoms with E-state index in [1.807, 2.05) is 13.8 Å². The van der Waals surface area contributed by atoms with Crippen molar-refractivity contribution in [1.29, 1.82) is 0 Å². The van der Waals surface area contributed by atoms with E-state index in [0.717, 1.165) is 12.8 Å². The van der Waals surface area contributed by atoms with Crippen molar-refractivity contribution in [3.63, 3.8) is 0 Å². The Labute approximate surface area is 189 Å². The largest absolute Gasteiger partial charge is 0.465 e. The van der Waals surface area contributed by atoms with E-state index in [-0.39, 0.29) is 11.9 Å². The number of rotatable bonds is 23. The van der Waals surface area contributed by atoms with Crippen LogP contribution in [0.15, 0.2) is 0 Å². The lowest BCUT2D eigenvalue weighted by molar-refractivity contribution is -0.146. The Morgan fingerprint density at radius 2 is 0.900 bits per heavy atom. The van der Waals surface area contributed by atoms with E-state index in [9.17, 15) is 4.79 Å². The van der Waals surface area contributed by atoms with E-state index in [2.05, 4.69) is 6.92 Å². The summed E-state index contributed by atoms with van der Waals surface area (Å²) in [5, 5.41) is 0. The topological polar surface area (TPSA) is 52.3 Å². The highest BCUT2D eigenvalue weighted by Gasteiger charge is 2.18. The molecule has 30 heavy (non-hydrogen) atoms. The monoisotopic (exact) mass is 425 g/mol. The average Bonchev–Trinajstić information content (AvgIpc) is 2.74. The third-order valence-electron chi connectivity index (χ3n) is 6.23. The Morgan fingerprint density at radius 3 is 1.20 bits per heavy atom. The lowest BCUT2D eigenvalue weighted by atomic mass is 10.0. The van der Waals surface area contributed by atoms with Crippen molar-refractivity contribution < 1.29 is 9.53 Å².